The van der Waals surface area contributed by atoms with E-state index in [4.69, 9.17) is 16.3 Å². The highest BCUT2D eigenvalue weighted by molar-refractivity contribution is 6.30. The molecule has 1 saturated heterocycles. The van der Waals surface area contributed by atoms with E-state index in [2.05, 4.69) is 0 Å². The van der Waals surface area contributed by atoms with Crippen molar-refractivity contribution in [2.45, 2.75) is 12.8 Å². The second kappa shape index (κ2) is 3.84. The summed E-state index contributed by atoms with van der Waals surface area (Å²) in [5.74, 6) is 0.586. The highest BCUT2D eigenvalue weighted by Gasteiger charge is 2.16. The lowest BCUT2D eigenvalue weighted by atomic mass is 10.2. The summed E-state index contributed by atoms with van der Waals surface area (Å²) in [4.78, 5) is 10.8. The molecule has 0 aromatic heterocycles. The van der Waals surface area contributed by atoms with Gasteiger partial charge in [0.1, 0.15) is 5.76 Å². The number of benzene rings is 1. The van der Waals surface area contributed by atoms with Crippen LogP contribution in [-0.4, -0.2) is 5.97 Å². The topological polar surface area (TPSA) is 26.3 Å². The highest BCUT2D eigenvalue weighted by Crippen LogP contribution is 2.21. The monoisotopic (exact) mass is 208 g/mol. The van der Waals surface area contributed by atoms with Crippen molar-refractivity contribution in [3.63, 3.8) is 0 Å². The van der Waals surface area contributed by atoms with E-state index >= 15 is 0 Å². The van der Waals surface area contributed by atoms with Crippen LogP contribution in [-0.2, 0) is 9.53 Å². The Morgan fingerprint density at radius 1 is 1.21 bits per heavy atom. The van der Waals surface area contributed by atoms with Crippen molar-refractivity contribution in [3.8, 4) is 0 Å². The quantitative estimate of drug-likeness (QED) is 0.664. The van der Waals surface area contributed by atoms with E-state index in [-0.39, 0.29) is 5.97 Å². The molecule has 14 heavy (non-hydrogen) atoms. The third-order valence-electron chi connectivity index (χ3n) is 2.02. The van der Waals surface area contributed by atoms with Crippen LogP contribution in [0.15, 0.2) is 30.0 Å². The number of halogens is 1. The number of rotatable bonds is 1. The normalized spacial score (nSPS) is 18.6. The third-order valence-corrected chi connectivity index (χ3v) is 2.27. The fourth-order valence-electron chi connectivity index (χ4n) is 1.32. The Morgan fingerprint density at radius 3 is 2.50 bits per heavy atom. The summed E-state index contributed by atoms with van der Waals surface area (Å²) in [7, 11) is 0. The Balaban J connectivity index is 2.17. The van der Waals surface area contributed by atoms with Gasteiger partial charge in [-0.1, -0.05) is 23.7 Å². The molecule has 1 aromatic carbocycles. The predicted molar refractivity (Wildman–Crippen MR) is 54.8 cm³/mol. The van der Waals surface area contributed by atoms with Gasteiger partial charge in [0.25, 0.3) is 0 Å². The first-order valence-electron chi connectivity index (χ1n) is 4.41. The van der Waals surface area contributed by atoms with Crippen LogP contribution in [0.2, 0.25) is 5.02 Å². The molecule has 0 atom stereocenters. The first kappa shape index (κ1) is 9.28. The molecule has 0 N–H and O–H groups in total. The number of esters is 1. The van der Waals surface area contributed by atoms with Gasteiger partial charge in [0.05, 0.1) is 6.42 Å². The summed E-state index contributed by atoms with van der Waals surface area (Å²) in [6, 6.07) is 7.40. The number of hydrogen-bond acceptors (Lipinski definition) is 2. The number of carbonyl (C=O) groups is 1. The van der Waals surface area contributed by atoms with Gasteiger partial charge in [-0.2, -0.15) is 0 Å². The van der Waals surface area contributed by atoms with Crippen molar-refractivity contribution >= 4 is 23.6 Å². The maximum absolute atomic E-state index is 10.8. The average Bonchev–Trinajstić information content (AvgIpc) is 2.56. The smallest absolute Gasteiger partial charge is 0.311 e. The third kappa shape index (κ3) is 2.15. The van der Waals surface area contributed by atoms with Crippen LogP contribution in [0.5, 0.6) is 0 Å². The molecule has 1 aliphatic heterocycles. The minimum atomic E-state index is -0.148. The van der Waals surface area contributed by atoms with Gasteiger partial charge in [-0.25, -0.2) is 0 Å². The number of ether oxygens (including phenoxy) is 1. The lowest BCUT2D eigenvalue weighted by Crippen LogP contribution is -1.88. The van der Waals surface area contributed by atoms with Gasteiger partial charge in [-0.15, -0.1) is 0 Å². The fraction of sp³-hybridized carbons (Fsp3) is 0.182. The number of carbonyl (C=O) groups excluding carboxylic acids is 1. The molecular formula is C11H9ClO2. The molecule has 3 heteroatoms. The molecule has 0 bridgehead atoms. The zero-order chi connectivity index (χ0) is 9.97. The summed E-state index contributed by atoms with van der Waals surface area (Å²) in [6.45, 7) is 0. The SMILES string of the molecule is O=C1CC/C(=C/c2ccc(Cl)cc2)O1. The minimum Gasteiger partial charge on any atom is -0.431 e. The van der Waals surface area contributed by atoms with Crippen molar-refractivity contribution in [1.29, 1.82) is 0 Å². The fourth-order valence-corrected chi connectivity index (χ4v) is 1.45. The summed E-state index contributed by atoms with van der Waals surface area (Å²) >= 11 is 5.75. The Morgan fingerprint density at radius 2 is 1.93 bits per heavy atom. The van der Waals surface area contributed by atoms with Crippen molar-refractivity contribution in [3.05, 3.63) is 40.6 Å². The molecule has 1 fully saturated rings. The summed E-state index contributed by atoms with van der Waals surface area (Å²) < 4.78 is 4.98. The van der Waals surface area contributed by atoms with E-state index in [0.717, 1.165) is 11.3 Å². The zero-order valence-corrected chi connectivity index (χ0v) is 8.25. The van der Waals surface area contributed by atoms with Crippen molar-refractivity contribution in [1.82, 2.24) is 0 Å². The lowest BCUT2D eigenvalue weighted by Gasteiger charge is -1.97. The molecule has 0 aliphatic carbocycles. The summed E-state index contributed by atoms with van der Waals surface area (Å²) in [5.41, 5.74) is 0.999. The first-order valence-corrected chi connectivity index (χ1v) is 4.79. The molecule has 1 aromatic rings. The summed E-state index contributed by atoms with van der Waals surface area (Å²) in [5, 5.41) is 0.704. The van der Waals surface area contributed by atoms with Gasteiger partial charge in [-0.05, 0) is 23.8 Å². The van der Waals surface area contributed by atoms with E-state index in [1.807, 2.05) is 30.3 Å². The van der Waals surface area contributed by atoms with Crippen molar-refractivity contribution < 1.29 is 9.53 Å². The van der Waals surface area contributed by atoms with E-state index in [9.17, 15) is 4.79 Å². The van der Waals surface area contributed by atoms with E-state index < -0.39 is 0 Å². The molecule has 2 rings (SSSR count). The Kier molecular flexibility index (Phi) is 2.55. The molecule has 0 spiro atoms. The predicted octanol–water partition coefficient (Wildman–Crippen LogP) is 3.02. The Bertz CT molecular complexity index is 379. The van der Waals surface area contributed by atoms with E-state index in [0.29, 0.717) is 17.9 Å². The molecule has 0 radical (unpaired) electrons. The zero-order valence-electron chi connectivity index (χ0n) is 7.50. The molecule has 0 unspecified atom stereocenters. The van der Waals surface area contributed by atoms with Crippen LogP contribution in [0, 0.1) is 0 Å². The summed E-state index contributed by atoms with van der Waals surface area (Å²) in [6.07, 6.45) is 3.04. The highest BCUT2D eigenvalue weighted by atomic mass is 35.5. The maximum atomic E-state index is 10.8. The molecule has 72 valence electrons. The largest absolute Gasteiger partial charge is 0.431 e. The van der Waals surface area contributed by atoms with Gasteiger partial charge in [0.2, 0.25) is 0 Å². The van der Waals surface area contributed by atoms with Gasteiger partial charge < -0.3 is 4.74 Å². The van der Waals surface area contributed by atoms with Crippen LogP contribution in [0.1, 0.15) is 18.4 Å². The van der Waals surface area contributed by atoms with Crippen LogP contribution >= 0.6 is 11.6 Å². The van der Waals surface area contributed by atoms with E-state index in [1.54, 1.807) is 0 Å². The lowest BCUT2D eigenvalue weighted by molar-refractivity contribution is -0.135. The van der Waals surface area contributed by atoms with Crippen molar-refractivity contribution in [2.75, 3.05) is 0 Å². The second-order valence-electron chi connectivity index (χ2n) is 3.14. The average molecular weight is 209 g/mol. The standard InChI is InChI=1S/C11H9ClO2/c12-9-3-1-8(2-4-9)7-10-5-6-11(13)14-10/h1-4,7H,5-6H2/b10-7-. The molecule has 1 aliphatic rings. The van der Waals surface area contributed by atoms with Gasteiger partial charge in [0.15, 0.2) is 0 Å². The molecule has 2 nitrogen and oxygen atoms in total. The molecule has 0 amide bonds. The van der Waals surface area contributed by atoms with Gasteiger partial charge >= 0.3 is 5.97 Å². The minimum absolute atomic E-state index is 0.148. The number of hydrogen-bond donors (Lipinski definition) is 0. The van der Waals surface area contributed by atoms with Crippen molar-refractivity contribution in [2.24, 2.45) is 0 Å². The van der Waals surface area contributed by atoms with Crippen LogP contribution in [0.4, 0.5) is 0 Å². The number of cyclic esters (lactones) is 1. The Labute approximate surface area is 87.1 Å². The van der Waals surface area contributed by atoms with Gasteiger partial charge in [-0.3, -0.25) is 4.79 Å². The molecular weight excluding hydrogens is 200 g/mol. The second-order valence-corrected chi connectivity index (χ2v) is 3.57. The Hall–Kier alpha value is -1.28. The maximum Gasteiger partial charge on any atom is 0.311 e. The van der Waals surface area contributed by atoms with E-state index in [1.165, 1.54) is 0 Å². The van der Waals surface area contributed by atoms with Crippen LogP contribution < -0.4 is 0 Å². The van der Waals surface area contributed by atoms with Crippen LogP contribution in [0.3, 0.4) is 0 Å². The first-order chi connectivity index (χ1) is 6.74. The van der Waals surface area contributed by atoms with Gasteiger partial charge in [0, 0.05) is 11.4 Å². The number of allylic oxidation sites excluding steroid dienone is 1. The molecule has 0 saturated carbocycles. The van der Waals surface area contributed by atoms with Crippen LogP contribution in [0.25, 0.3) is 6.08 Å². The molecule has 1 heterocycles.